The third-order valence-electron chi connectivity index (χ3n) is 14.3. The number of halogens is 6. The standard InChI is InChI=1S/C54H80N10O6.C4F6O2/c1-37(55-9)47(65)59-45(53(3,4)5)49(67)63-31-17-23-43(63)35-61(33-29-39-19-13-11-14-20-39)51(69)57-41-25-27-42(28-26-41)58-52(70)62(34-30-40-21-15-12-16-22-40)36-44-24-18-32-64(44)50(68)46(54(6,7)8)60-48(66)38(2)56-10;5-3(6,7)1(11)2(12)4(8,9)10/h11-16,19-22,25-28,37-38,43-46,55-56H,17-18,23-24,29-36H2,1-10H3,(H,57,69)(H,58,70)(H,59,65)(H,60,66);/t37-,38-,43-,44-,45+,46+;/m0./s1. The molecular formula is C58H80F6N10O8. The molecule has 0 radical (unpaired) electrons. The van der Waals surface area contributed by atoms with E-state index >= 15 is 0 Å². The van der Waals surface area contributed by atoms with Gasteiger partial charge in [-0.1, -0.05) is 102 Å². The van der Waals surface area contributed by atoms with Crippen LogP contribution in [-0.4, -0.2) is 169 Å². The molecule has 0 aliphatic carbocycles. The van der Waals surface area contributed by atoms with Crippen LogP contribution in [0, 0.1) is 10.8 Å². The second-order valence-corrected chi connectivity index (χ2v) is 22.7. The molecule has 24 heteroatoms. The highest BCUT2D eigenvalue weighted by Crippen LogP contribution is 2.30. The Bertz CT molecular complexity index is 2450. The number of likely N-dealkylation sites (tertiary alicyclic amines) is 2. The van der Waals surface area contributed by atoms with E-state index in [4.69, 9.17) is 0 Å². The first kappa shape index (κ1) is 67.4. The minimum Gasteiger partial charge on any atom is -0.342 e. The van der Waals surface area contributed by atoms with E-state index in [9.17, 15) is 64.7 Å². The third kappa shape index (κ3) is 20.1. The lowest BCUT2D eigenvalue weighted by atomic mass is 9.85. The Hall–Kier alpha value is -7.08. The average Bonchev–Trinajstić information content (AvgIpc) is 4.16. The lowest BCUT2D eigenvalue weighted by molar-refractivity contribution is -0.193. The zero-order valence-electron chi connectivity index (χ0n) is 48.4. The fourth-order valence-electron chi connectivity index (χ4n) is 9.23. The van der Waals surface area contributed by atoms with Crippen molar-refractivity contribution in [3.63, 3.8) is 0 Å². The highest BCUT2D eigenvalue weighted by atomic mass is 19.4. The molecule has 8 amide bonds. The number of carbonyl (C=O) groups is 8. The Morgan fingerprint density at radius 2 is 0.841 bits per heavy atom. The highest BCUT2D eigenvalue weighted by molar-refractivity contribution is 6.41. The Morgan fingerprint density at radius 3 is 1.12 bits per heavy atom. The van der Waals surface area contributed by atoms with Crippen molar-refractivity contribution in [3.05, 3.63) is 96.1 Å². The summed E-state index contributed by atoms with van der Waals surface area (Å²) in [5, 5.41) is 18.0. The van der Waals surface area contributed by atoms with Gasteiger partial charge in [-0.25, -0.2) is 9.59 Å². The number of alkyl halides is 6. The van der Waals surface area contributed by atoms with E-state index in [1.165, 1.54) is 0 Å². The number of ketones is 2. The van der Waals surface area contributed by atoms with Crippen LogP contribution in [0.1, 0.15) is 92.2 Å². The van der Waals surface area contributed by atoms with E-state index in [0.717, 1.165) is 36.8 Å². The summed E-state index contributed by atoms with van der Waals surface area (Å²) < 4.78 is 67.0. The quantitative estimate of drug-likeness (QED) is 0.0460. The van der Waals surface area contributed by atoms with Gasteiger partial charge in [0.25, 0.3) is 0 Å². The van der Waals surface area contributed by atoms with E-state index in [0.29, 0.717) is 63.5 Å². The number of nitrogens with one attached hydrogen (secondary N) is 6. The maximum Gasteiger partial charge on any atom is 0.458 e. The molecule has 18 nitrogen and oxygen atoms in total. The molecule has 2 fully saturated rings. The minimum atomic E-state index is -5.77. The maximum absolute atomic E-state index is 14.3. The Kier molecular flexibility index (Phi) is 24.5. The van der Waals surface area contributed by atoms with Crippen molar-refractivity contribution in [2.45, 2.75) is 143 Å². The number of hydrogen-bond donors (Lipinski definition) is 6. The summed E-state index contributed by atoms with van der Waals surface area (Å²) in [7, 11) is 3.41. The van der Waals surface area contributed by atoms with Crippen LogP contribution in [0.2, 0.25) is 0 Å². The van der Waals surface area contributed by atoms with E-state index in [1.54, 1.807) is 62.0 Å². The van der Waals surface area contributed by atoms with Crippen molar-refractivity contribution >= 4 is 58.6 Å². The zero-order valence-corrected chi connectivity index (χ0v) is 48.4. The van der Waals surface area contributed by atoms with Crippen LogP contribution >= 0.6 is 0 Å². The van der Waals surface area contributed by atoms with Crippen LogP contribution < -0.4 is 31.9 Å². The fraction of sp³-hybridized carbons (Fsp3) is 0.552. The van der Waals surface area contributed by atoms with E-state index in [2.05, 4.69) is 31.9 Å². The lowest BCUT2D eigenvalue weighted by Crippen LogP contribution is -2.59. The Morgan fingerprint density at radius 1 is 0.524 bits per heavy atom. The SMILES string of the molecule is CN[C@@H](C)C(=O)N[C@H](C(=O)N1CCC[C@H]1CN(CCc1ccccc1)C(=O)Nc1ccc(NC(=O)N(CCc2ccccc2)C[C@@H]2CCCN2C(=O)[C@@H](NC(=O)[C@H](C)NC)C(C)(C)C)cc1)C(C)(C)C.O=C(C(=O)C(F)(F)F)C(F)(F)F. The monoisotopic (exact) mass is 1160 g/mol. The fourth-order valence-corrected chi connectivity index (χ4v) is 9.23. The van der Waals surface area contributed by atoms with Gasteiger partial charge < -0.3 is 51.5 Å². The molecule has 0 spiro atoms. The van der Waals surface area contributed by atoms with Crippen LogP contribution in [0.5, 0.6) is 0 Å². The van der Waals surface area contributed by atoms with Crippen LogP contribution in [0.4, 0.5) is 47.3 Å². The summed E-state index contributed by atoms with van der Waals surface area (Å²) in [6, 6.07) is 23.3. The first-order valence-electron chi connectivity index (χ1n) is 27.3. The van der Waals surface area contributed by atoms with Crippen LogP contribution in [0.15, 0.2) is 84.9 Å². The molecule has 2 saturated heterocycles. The maximum atomic E-state index is 14.3. The number of urea groups is 2. The minimum absolute atomic E-state index is 0.157. The molecule has 6 atom stereocenters. The molecule has 2 heterocycles. The smallest absolute Gasteiger partial charge is 0.342 e. The normalized spacial score (nSPS) is 17.0. The van der Waals surface area contributed by atoms with Crippen LogP contribution in [0.25, 0.3) is 0 Å². The molecule has 0 saturated carbocycles. The van der Waals surface area contributed by atoms with Gasteiger partial charge in [0, 0.05) is 62.7 Å². The molecular weight excluding hydrogens is 1080 g/mol. The number of amides is 8. The number of rotatable bonds is 21. The van der Waals surface area contributed by atoms with Crippen molar-refractivity contribution in [2.24, 2.45) is 10.8 Å². The summed E-state index contributed by atoms with van der Waals surface area (Å²) in [6.45, 7) is 17.7. The summed E-state index contributed by atoms with van der Waals surface area (Å²) in [6.07, 6.45) is -7.32. The van der Waals surface area contributed by atoms with Gasteiger partial charge in [0.15, 0.2) is 0 Å². The predicted octanol–water partition coefficient (Wildman–Crippen LogP) is 7.35. The number of nitrogens with zero attached hydrogens (tertiary/aromatic N) is 4. The Balaban J connectivity index is 0.00000108. The highest BCUT2D eigenvalue weighted by Gasteiger charge is 2.54. The average molecular weight is 1160 g/mol. The molecule has 2 aliphatic heterocycles. The van der Waals surface area contributed by atoms with Gasteiger partial charge in [-0.3, -0.25) is 28.8 Å². The molecule has 6 N–H and O–H groups in total. The molecule has 0 bridgehead atoms. The van der Waals surface area contributed by atoms with Gasteiger partial charge in [-0.2, -0.15) is 26.3 Å². The first-order chi connectivity index (χ1) is 38.3. The molecule has 2 aliphatic rings. The van der Waals surface area contributed by atoms with E-state index in [1.807, 2.05) is 112 Å². The molecule has 0 unspecified atom stereocenters. The summed E-state index contributed by atoms with van der Waals surface area (Å²) in [4.78, 5) is 109. The predicted molar refractivity (Wildman–Crippen MR) is 299 cm³/mol. The van der Waals surface area contributed by atoms with Crippen molar-refractivity contribution in [3.8, 4) is 0 Å². The number of likely N-dealkylation sites (N-methyl/N-ethyl adjacent to an activating group) is 2. The van der Waals surface area contributed by atoms with Crippen molar-refractivity contribution in [2.75, 3.05) is 64.0 Å². The summed E-state index contributed by atoms with van der Waals surface area (Å²) in [5.41, 5.74) is 2.12. The molecule has 452 valence electrons. The molecule has 3 aromatic rings. The number of benzene rings is 3. The van der Waals surface area contributed by atoms with Gasteiger partial charge in [0.1, 0.15) is 12.1 Å². The molecule has 3 aromatic carbocycles. The summed E-state index contributed by atoms with van der Waals surface area (Å²) in [5.74, 6) is -7.63. The summed E-state index contributed by atoms with van der Waals surface area (Å²) >= 11 is 0. The zero-order chi connectivity index (χ0) is 61.3. The molecule has 0 aromatic heterocycles. The number of carbonyl (C=O) groups excluding carboxylic acids is 8. The number of anilines is 2. The van der Waals surface area contributed by atoms with Gasteiger partial charge in [-0.15, -0.1) is 0 Å². The number of hydrogen-bond acceptors (Lipinski definition) is 10. The van der Waals surface area contributed by atoms with Gasteiger partial charge in [0.2, 0.25) is 23.6 Å². The van der Waals surface area contributed by atoms with E-state index in [-0.39, 0.29) is 47.8 Å². The van der Waals surface area contributed by atoms with Crippen molar-refractivity contribution < 1.29 is 64.7 Å². The number of Topliss-reactive ketones (excluding diaryl/α,β-unsaturated/α-hetero) is 2. The second-order valence-electron chi connectivity index (χ2n) is 22.7. The topological polar surface area (TPSA) is 222 Å². The molecule has 82 heavy (non-hydrogen) atoms. The Labute approximate surface area is 476 Å². The second kappa shape index (κ2) is 29.8. The van der Waals surface area contributed by atoms with Gasteiger partial charge in [0.05, 0.1) is 12.1 Å². The van der Waals surface area contributed by atoms with Gasteiger partial charge in [-0.05, 0) is 113 Å². The molecule has 5 rings (SSSR count). The largest absolute Gasteiger partial charge is 0.458 e. The first-order valence-corrected chi connectivity index (χ1v) is 27.3. The van der Waals surface area contributed by atoms with E-state index < -0.39 is 58.9 Å². The van der Waals surface area contributed by atoms with Gasteiger partial charge >= 0.3 is 36.0 Å². The van der Waals surface area contributed by atoms with Crippen molar-refractivity contribution in [1.29, 1.82) is 0 Å². The lowest BCUT2D eigenvalue weighted by Gasteiger charge is -2.37. The third-order valence-corrected chi connectivity index (χ3v) is 14.3. The van der Waals surface area contributed by atoms with Crippen molar-refractivity contribution in [1.82, 2.24) is 40.9 Å². The van der Waals surface area contributed by atoms with Crippen LogP contribution in [-0.2, 0) is 41.6 Å². The van der Waals surface area contributed by atoms with Crippen LogP contribution in [0.3, 0.4) is 0 Å².